The number of rotatable bonds is 3. The predicted molar refractivity (Wildman–Crippen MR) is 75.0 cm³/mol. The van der Waals surface area contributed by atoms with Gasteiger partial charge in [0.2, 0.25) is 5.91 Å². The van der Waals surface area contributed by atoms with Gasteiger partial charge in [0.15, 0.2) is 0 Å². The number of pyridine rings is 1. The van der Waals surface area contributed by atoms with Crippen molar-refractivity contribution in [1.82, 2.24) is 4.98 Å². The van der Waals surface area contributed by atoms with Crippen molar-refractivity contribution in [3.8, 4) is 0 Å². The number of hydrogen-bond donors (Lipinski definition) is 2. The number of nitrogens with zero attached hydrogens (tertiary/aromatic N) is 1. The zero-order valence-electron chi connectivity index (χ0n) is 10.5. The lowest BCUT2D eigenvalue weighted by atomic mass is 10.0. The van der Waals surface area contributed by atoms with Gasteiger partial charge in [0.25, 0.3) is 0 Å². The second-order valence-corrected chi connectivity index (χ2v) is 4.63. The highest BCUT2D eigenvalue weighted by molar-refractivity contribution is 5.94. The van der Waals surface area contributed by atoms with Crippen LogP contribution < -0.4 is 10.6 Å². The quantitative estimate of drug-likeness (QED) is 0.884. The molecule has 0 fully saturated rings. The van der Waals surface area contributed by atoms with Crippen molar-refractivity contribution in [2.75, 3.05) is 10.6 Å². The smallest absolute Gasteiger partial charge is 0.224 e. The van der Waals surface area contributed by atoms with Gasteiger partial charge in [-0.3, -0.25) is 9.78 Å². The molecule has 1 aliphatic rings. The van der Waals surface area contributed by atoms with Crippen LogP contribution in [0.1, 0.15) is 17.5 Å². The van der Waals surface area contributed by atoms with Gasteiger partial charge in [-0.1, -0.05) is 6.07 Å². The largest absolute Gasteiger partial charge is 0.381 e. The third-order valence-electron chi connectivity index (χ3n) is 3.22. The number of benzene rings is 1. The van der Waals surface area contributed by atoms with Crippen molar-refractivity contribution in [2.24, 2.45) is 0 Å². The van der Waals surface area contributed by atoms with Gasteiger partial charge in [0, 0.05) is 36.7 Å². The fraction of sp³-hybridized carbons (Fsp3) is 0.200. The van der Waals surface area contributed by atoms with Crippen molar-refractivity contribution in [3.63, 3.8) is 0 Å². The van der Waals surface area contributed by atoms with E-state index in [4.69, 9.17) is 0 Å². The fourth-order valence-electron chi connectivity index (χ4n) is 2.20. The van der Waals surface area contributed by atoms with Crippen LogP contribution in [-0.2, 0) is 17.8 Å². The molecule has 1 aliphatic heterocycles. The molecular formula is C15H15N3O. The Balaban J connectivity index is 1.71. The Kier molecular flexibility index (Phi) is 3.14. The standard InChI is InChI=1S/C15H15N3O/c19-15-6-3-12-8-13(4-5-14(12)18-15)17-10-11-2-1-7-16-9-11/h1-2,4-5,7-9,17H,3,6,10H2,(H,18,19). The molecule has 0 unspecified atom stereocenters. The number of hydrogen-bond acceptors (Lipinski definition) is 3. The van der Waals surface area contributed by atoms with E-state index in [0.29, 0.717) is 6.42 Å². The third-order valence-corrected chi connectivity index (χ3v) is 3.22. The zero-order chi connectivity index (χ0) is 13.1. The molecule has 19 heavy (non-hydrogen) atoms. The zero-order valence-corrected chi connectivity index (χ0v) is 10.5. The van der Waals surface area contributed by atoms with Crippen molar-refractivity contribution in [3.05, 3.63) is 53.9 Å². The Labute approximate surface area is 111 Å². The third kappa shape index (κ3) is 2.73. The summed E-state index contributed by atoms with van der Waals surface area (Å²) >= 11 is 0. The minimum absolute atomic E-state index is 0.101. The molecule has 1 amide bonds. The molecule has 2 N–H and O–H groups in total. The van der Waals surface area contributed by atoms with Crippen LogP contribution in [0.15, 0.2) is 42.7 Å². The number of fused-ring (bicyclic) bond motifs is 1. The Morgan fingerprint density at radius 3 is 3.05 bits per heavy atom. The summed E-state index contributed by atoms with van der Waals surface area (Å²) in [5.74, 6) is 0.101. The summed E-state index contributed by atoms with van der Waals surface area (Å²) in [4.78, 5) is 15.4. The van der Waals surface area contributed by atoms with Crippen LogP contribution >= 0.6 is 0 Å². The maximum atomic E-state index is 11.3. The van der Waals surface area contributed by atoms with E-state index in [1.54, 1.807) is 6.20 Å². The average Bonchev–Trinajstić information content (AvgIpc) is 2.46. The Hall–Kier alpha value is -2.36. The van der Waals surface area contributed by atoms with Gasteiger partial charge in [0.05, 0.1) is 0 Å². The molecule has 1 aromatic heterocycles. The predicted octanol–water partition coefficient (Wildman–Crippen LogP) is 2.58. The van der Waals surface area contributed by atoms with E-state index >= 15 is 0 Å². The Bertz CT molecular complexity index is 596. The number of carbonyl (C=O) groups is 1. The van der Waals surface area contributed by atoms with E-state index in [1.807, 2.05) is 30.5 Å². The first kappa shape index (κ1) is 11.7. The molecule has 4 heteroatoms. The van der Waals surface area contributed by atoms with E-state index in [-0.39, 0.29) is 5.91 Å². The molecule has 0 atom stereocenters. The van der Waals surface area contributed by atoms with Crippen LogP contribution in [0, 0.1) is 0 Å². The SMILES string of the molecule is O=C1CCc2cc(NCc3cccnc3)ccc2N1. The molecule has 0 spiro atoms. The minimum Gasteiger partial charge on any atom is -0.381 e. The van der Waals surface area contributed by atoms with E-state index < -0.39 is 0 Å². The highest BCUT2D eigenvalue weighted by Crippen LogP contribution is 2.25. The average molecular weight is 253 g/mol. The maximum absolute atomic E-state index is 11.3. The second-order valence-electron chi connectivity index (χ2n) is 4.63. The van der Waals surface area contributed by atoms with Crippen LogP contribution in [0.5, 0.6) is 0 Å². The highest BCUT2D eigenvalue weighted by atomic mass is 16.1. The number of aromatic nitrogens is 1. The molecule has 0 aliphatic carbocycles. The van der Waals surface area contributed by atoms with Crippen molar-refractivity contribution < 1.29 is 4.79 Å². The molecule has 0 saturated heterocycles. The van der Waals surface area contributed by atoms with Gasteiger partial charge in [-0.05, 0) is 41.8 Å². The van der Waals surface area contributed by atoms with Gasteiger partial charge >= 0.3 is 0 Å². The normalized spacial score (nSPS) is 13.6. The van der Waals surface area contributed by atoms with Crippen molar-refractivity contribution in [2.45, 2.75) is 19.4 Å². The summed E-state index contributed by atoms with van der Waals surface area (Å²) in [5, 5.41) is 6.25. The van der Waals surface area contributed by atoms with E-state index in [2.05, 4.69) is 21.7 Å². The number of nitrogens with one attached hydrogen (secondary N) is 2. The van der Waals surface area contributed by atoms with Gasteiger partial charge in [-0.15, -0.1) is 0 Å². The Morgan fingerprint density at radius 1 is 1.26 bits per heavy atom. The summed E-state index contributed by atoms with van der Waals surface area (Å²) in [6.45, 7) is 0.749. The first-order valence-corrected chi connectivity index (χ1v) is 6.37. The second kappa shape index (κ2) is 5.10. The number of amides is 1. The molecule has 0 radical (unpaired) electrons. The topological polar surface area (TPSA) is 54.0 Å². The lowest BCUT2D eigenvalue weighted by Gasteiger charge is -2.18. The molecule has 3 rings (SSSR count). The molecule has 4 nitrogen and oxygen atoms in total. The number of anilines is 2. The molecular weight excluding hydrogens is 238 g/mol. The van der Waals surface area contributed by atoms with Crippen LogP contribution in [0.3, 0.4) is 0 Å². The maximum Gasteiger partial charge on any atom is 0.224 e. The lowest BCUT2D eigenvalue weighted by molar-refractivity contribution is -0.116. The van der Waals surface area contributed by atoms with E-state index in [0.717, 1.165) is 29.9 Å². The summed E-state index contributed by atoms with van der Waals surface area (Å²) in [7, 11) is 0. The molecule has 1 aromatic carbocycles. The molecule has 96 valence electrons. The van der Waals surface area contributed by atoms with Crippen molar-refractivity contribution in [1.29, 1.82) is 0 Å². The first-order valence-electron chi connectivity index (χ1n) is 6.37. The van der Waals surface area contributed by atoms with Crippen LogP contribution in [0.4, 0.5) is 11.4 Å². The van der Waals surface area contributed by atoms with Crippen LogP contribution in [0.25, 0.3) is 0 Å². The first-order chi connectivity index (χ1) is 9.31. The Morgan fingerprint density at radius 2 is 2.21 bits per heavy atom. The van der Waals surface area contributed by atoms with Gasteiger partial charge in [0.1, 0.15) is 0 Å². The van der Waals surface area contributed by atoms with Gasteiger partial charge < -0.3 is 10.6 Å². The summed E-state index contributed by atoms with van der Waals surface area (Å²) in [6, 6.07) is 10.0. The lowest BCUT2D eigenvalue weighted by Crippen LogP contribution is -2.18. The monoisotopic (exact) mass is 253 g/mol. The van der Waals surface area contributed by atoms with Crippen LogP contribution in [-0.4, -0.2) is 10.9 Å². The molecule has 2 heterocycles. The van der Waals surface area contributed by atoms with Gasteiger partial charge in [-0.2, -0.15) is 0 Å². The minimum atomic E-state index is 0.101. The summed E-state index contributed by atoms with van der Waals surface area (Å²) in [5.41, 5.74) is 4.34. The number of carbonyl (C=O) groups excluding carboxylic acids is 1. The van der Waals surface area contributed by atoms with E-state index in [9.17, 15) is 4.79 Å². The van der Waals surface area contributed by atoms with Crippen LogP contribution in [0.2, 0.25) is 0 Å². The molecule has 2 aromatic rings. The van der Waals surface area contributed by atoms with Crippen molar-refractivity contribution >= 4 is 17.3 Å². The highest BCUT2D eigenvalue weighted by Gasteiger charge is 2.14. The van der Waals surface area contributed by atoms with E-state index in [1.165, 1.54) is 5.56 Å². The van der Waals surface area contributed by atoms with Gasteiger partial charge in [-0.25, -0.2) is 0 Å². The number of aryl methyl sites for hydroxylation is 1. The fourth-order valence-corrected chi connectivity index (χ4v) is 2.20. The molecule has 0 saturated carbocycles. The summed E-state index contributed by atoms with van der Waals surface area (Å²) < 4.78 is 0. The summed E-state index contributed by atoms with van der Waals surface area (Å²) in [6.07, 6.45) is 5.00. The molecule has 0 bridgehead atoms.